The summed E-state index contributed by atoms with van der Waals surface area (Å²) in [6, 6.07) is 13.0. The molecule has 0 spiro atoms. The van der Waals surface area contributed by atoms with Gasteiger partial charge in [0, 0.05) is 11.8 Å². The number of ether oxygens (including phenoxy) is 1. The zero-order chi connectivity index (χ0) is 11.7. The number of benzene rings is 1. The summed E-state index contributed by atoms with van der Waals surface area (Å²) in [5.41, 5.74) is 0.833. The van der Waals surface area contributed by atoms with Crippen molar-refractivity contribution in [3.05, 3.63) is 54.2 Å². The normalized spacial score (nSPS) is 17.9. The van der Waals surface area contributed by atoms with Crippen LogP contribution < -0.4 is 10.1 Å². The van der Waals surface area contributed by atoms with Crippen molar-refractivity contribution in [2.45, 2.75) is 6.10 Å². The highest BCUT2D eigenvalue weighted by atomic mass is 16.5. The number of carbonyl (C=O) groups excluding carboxylic acids is 1. The zero-order valence-electron chi connectivity index (χ0n) is 8.96. The van der Waals surface area contributed by atoms with Crippen molar-refractivity contribution in [2.75, 3.05) is 5.32 Å². The lowest BCUT2D eigenvalue weighted by Gasteiger charge is -2.24. The van der Waals surface area contributed by atoms with Gasteiger partial charge in [-0.25, -0.2) is 4.98 Å². The lowest BCUT2D eigenvalue weighted by Crippen LogP contribution is -2.30. The molecule has 0 aliphatic carbocycles. The van der Waals surface area contributed by atoms with Gasteiger partial charge in [-0.05, 0) is 12.1 Å². The van der Waals surface area contributed by atoms with E-state index in [-0.39, 0.29) is 5.91 Å². The standard InChI is InChI=1S/C13H10N2O2/c16-13-11(9-5-2-1-3-6-9)17-10-7-4-8-14-12(10)15-13/h1-8,11H,(H,14,15,16)/t11-/m1/s1. The highest BCUT2D eigenvalue weighted by Gasteiger charge is 2.29. The van der Waals surface area contributed by atoms with Crippen LogP contribution in [0.3, 0.4) is 0 Å². The molecule has 0 fully saturated rings. The summed E-state index contributed by atoms with van der Waals surface area (Å²) in [4.78, 5) is 15.9. The summed E-state index contributed by atoms with van der Waals surface area (Å²) in [7, 11) is 0. The first-order valence-corrected chi connectivity index (χ1v) is 5.32. The Hall–Kier alpha value is -2.36. The van der Waals surface area contributed by atoms with Crippen molar-refractivity contribution < 1.29 is 9.53 Å². The quantitative estimate of drug-likeness (QED) is 0.810. The topological polar surface area (TPSA) is 51.2 Å². The number of pyridine rings is 1. The van der Waals surface area contributed by atoms with E-state index in [1.165, 1.54) is 0 Å². The van der Waals surface area contributed by atoms with E-state index in [9.17, 15) is 4.79 Å². The average molecular weight is 226 g/mol. The molecule has 4 nitrogen and oxygen atoms in total. The van der Waals surface area contributed by atoms with Crippen LogP contribution in [0.25, 0.3) is 0 Å². The van der Waals surface area contributed by atoms with Gasteiger partial charge < -0.3 is 10.1 Å². The van der Waals surface area contributed by atoms with Gasteiger partial charge in [0.25, 0.3) is 5.91 Å². The Balaban J connectivity index is 1.98. The number of carbonyl (C=O) groups is 1. The molecular weight excluding hydrogens is 216 g/mol. The number of hydrogen-bond acceptors (Lipinski definition) is 3. The van der Waals surface area contributed by atoms with Crippen molar-refractivity contribution >= 4 is 11.7 Å². The number of hydrogen-bond donors (Lipinski definition) is 1. The third kappa shape index (κ3) is 1.73. The Bertz CT molecular complexity index is 554. The third-order valence-electron chi connectivity index (χ3n) is 2.60. The molecule has 1 aromatic carbocycles. The Morgan fingerprint density at radius 1 is 1.12 bits per heavy atom. The van der Waals surface area contributed by atoms with Crippen LogP contribution in [-0.4, -0.2) is 10.9 Å². The summed E-state index contributed by atoms with van der Waals surface area (Å²) in [5.74, 6) is 0.882. The van der Waals surface area contributed by atoms with Gasteiger partial charge in [-0.1, -0.05) is 30.3 Å². The maximum atomic E-state index is 11.9. The third-order valence-corrected chi connectivity index (χ3v) is 2.60. The van der Waals surface area contributed by atoms with Gasteiger partial charge in [-0.3, -0.25) is 4.79 Å². The summed E-state index contributed by atoms with van der Waals surface area (Å²) in [5, 5.41) is 2.73. The zero-order valence-corrected chi connectivity index (χ0v) is 8.96. The van der Waals surface area contributed by atoms with Crippen LogP contribution in [0.15, 0.2) is 48.7 Å². The van der Waals surface area contributed by atoms with E-state index in [0.29, 0.717) is 11.6 Å². The largest absolute Gasteiger partial charge is 0.472 e. The van der Waals surface area contributed by atoms with Crippen LogP contribution >= 0.6 is 0 Å². The maximum absolute atomic E-state index is 11.9. The number of rotatable bonds is 1. The van der Waals surface area contributed by atoms with E-state index in [1.54, 1.807) is 18.3 Å². The molecule has 0 bridgehead atoms. The van der Waals surface area contributed by atoms with Gasteiger partial charge in [0.2, 0.25) is 6.10 Å². The highest BCUT2D eigenvalue weighted by molar-refractivity contribution is 5.97. The Labute approximate surface area is 98.3 Å². The molecule has 1 aliphatic rings. The molecule has 1 amide bonds. The molecule has 1 aromatic heterocycles. The van der Waals surface area contributed by atoms with Gasteiger partial charge in [0.1, 0.15) is 0 Å². The van der Waals surface area contributed by atoms with E-state index >= 15 is 0 Å². The first kappa shape index (κ1) is 9.84. The van der Waals surface area contributed by atoms with Gasteiger partial charge in [0.15, 0.2) is 11.6 Å². The van der Waals surface area contributed by atoms with Crippen LogP contribution in [0.4, 0.5) is 5.82 Å². The lowest BCUT2D eigenvalue weighted by atomic mass is 10.1. The van der Waals surface area contributed by atoms with Crippen LogP contribution in [0.5, 0.6) is 5.75 Å². The number of amides is 1. The van der Waals surface area contributed by atoms with Crippen LogP contribution in [0.1, 0.15) is 11.7 Å². The average Bonchev–Trinajstić information content (AvgIpc) is 2.39. The van der Waals surface area contributed by atoms with Crippen molar-refractivity contribution in [1.82, 2.24) is 4.98 Å². The molecular formula is C13H10N2O2. The smallest absolute Gasteiger partial charge is 0.271 e. The monoisotopic (exact) mass is 226 g/mol. The fourth-order valence-corrected chi connectivity index (χ4v) is 1.79. The van der Waals surface area contributed by atoms with Crippen LogP contribution in [0, 0.1) is 0 Å². The number of anilines is 1. The first-order valence-electron chi connectivity index (χ1n) is 5.32. The molecule has 2 aromatic rings. The van der Waals surface area contributed by atoms with E-state index in [1.807, 2.05) is 30.3 Å². The van der Waals surface area contributed by atoms with E-state index in [2.05, 4.69) is 10.3 Å². The van der Waals surface area contributed by atoms with E-state index < -0.39 is 6.10 Å². The van der Waals surface area contributed by atoms with Crippen molar-refractivity contribution in [1.29, 1.82) is 0 Å². The summed E-state index contributed by atoms with van der Waals surface area (Å²) < 4.78 is 5.66. The number of aromatic nitrogens is 1. The second-order valence-electron chi connectivity index (χ2n) is 3.75. The molecule has 17 heavy (non-hydrogen) atoms. The van der Waals surface area contributed by atoms with Crippen LogP contribution in [-0.2, 0) is 4.79 Å². The summed E-state index contributed by atoms with van der Waals surface area (Å²) >= 11 is 0. The van der Waals surface area contributed by atoms with Gasteiger partial charge in [-0.2, -0.15) is 0 Å². The number of nitrogens with zero attached hydrogens (tertiary/aromatic N) is 1. The number of nitrogens with one attached hydrogen (secondary N) is 1. The van der Waals surface area contributed by atoms with Crippen LogP contribution in [0.2, 0.25) is 0 Å². The Morgan fingerprint density at radius 2 is 1.94 bits per heavy atom. The molecule has 0 radical (unpaired) electrons. The molecule has 0 saturated carbocycles. The molecule has 1 N–H and O–H groups in total. The SMILES string of the molecule is O=C1Nc2ncccc2O[C@@H]1c1ccccc1. The number of fused-ring (bicyclic) bond motifs is 1. The summed E-state index contributed by atoms with van der Waals surface area (Å²) in [6.07, 6.45) is 1.01. The van der Waals surface area contributed by atoms with Gasteiger partial charge in [0.05, 0.1) is 0 Å². The van der Waals surface area contributed by atoms with Crippen molar-refractivity contribution in [2.24, 2.45) is 0 Å². The molecule has 1 atom stereocenters. The highest BCUT2D eigenvalue weighted by Crippen LogP contribution is 2.32. The first-order chi connectivity index (χ1) is 8.34. The van der Waals surface area contributed by atoms with Gasteiger partial charge >= 0.3 is 0 Å². The van der Waals surface area contributed by atoms with E-state index in [4.69, 9.17) is 4.74 Å². The predicted molar refractivity (Wildman–Crippen MR) is 62.7 cm³/mol. The molecule has 0 saturated heterocycles. The second kappa shape index (κ2) is 3.90. The fraction of sp³-hybridized carbons (Fsp3) is 0.0769. The molecule has 1 aliphatic heterocycles. The minimum atomic E-state index is -0.604. The molecule has 2 heterocycles. The van der Waals surface area contributed by atoms with Gasteiger partial charge in [-0.15, -0.1) is 0 Å². The minimum Gasteiger partial charge on any atom is -0.472 e. The molecule has 84 valence electrons. The minimum absolute atomic E-state index is 0.192. The van der Waals surface area contributed by atoms with Crippen molar-refractivity contribution in [3.8, 4) is 5.75 Å². The Morgan fingerprint density at radius 3 is 2.76 bits per heavy atom. The summed E-state index contributed by atoms with van der Waals surface area (Å²) in [6.45, 7) is 0. The maximum Gasteiger partial charge on any atom is 0.271 e. The molecule has 3 rings (SSSR count). The molecule has 0 unspecified atom stereocenters. The van der Waals surface area contributed by atoms with E-state index in [0.717, 1.165) is 5.56 Å². The van der Waals surface area contributed by atoms with Crippen molar-refractivity contribution in [3.63, 3.8) is 0 Å². The fourth-order valence-electron chi connectivity index (χ4n) is 1.79. The predicted octanol–water partition coefficient (Wildman–Crippen LogP) is 2.15. The molecule has 4 heteroatoms. The lowest BCUT2D eigenvalue weighted by molar-refractivity contribution is -0.123. The Kier molecular flexibility index (Phi) is 2.26. The second-order valence-corrected chi connectivity index (χ2v) is 3.75.